The number of ether oxygens (including phenoxy) is 1. The summed E-state index contributed by atoms with van der Waals surface area (Å²) in [7, 11) is 1.55. The van der Waals surface area contributed by atoms with Crippen molar-refractivity contribution in [1.29, 1.82) is 0 Å². The number of hydrogen-bond acceptors (Lipinski definition) is 3. The van der Waals surface area contributed by atoms with Gasteiger partial charge in [0, 0.05) is 5.56 Å². The summed E-state index contributed by atoms with van der Waals surface area (Å²) >= 11 is 0. The Balaban J connectivity index is 2.46. The van der Waals surface area contributed by atoms with Crippen LogP contribution in [0.5, 0.6) is 5.75 Å². The zero-order chi connectivity index (χ0) is 10.8. The molecule has 15 heavy (non-hydrogen) atoms. The average molecular weight is 208 g/mol. The van der Waals surface area contributed by atoms with Crippen molar-refractivity contribution in [2.24, 2.45) is 0 Å². The molecule has 0 saturated heterocycles. The Kier molecular flexibility index (Phi) is 2.93. The zero-order valence-corrected chi connectivity index (χ0v) is 8.86. The molecule has 1 aliphatic carbocycles. The van der Waals surface area contributed by atoms with Gasteiger partial charge >= 0.3 is 0 Å². The minimum Gasteiger partial charge on any atom is -0.496 e. The monoisotopic (exact) mass is 208 g/mol. The molecule has 0 amide bonds. The standard InChI is InChI=1S/C12H16O3/c1-15-11-7-9-5-3-2-4-8(9)6-10(11)12(13)14/h6-7,12-14H,2-5H2,1H3. The molecule has 0 saturated carbocycles. The molecule has 0 heterocycles. The first-order valence-corrected chi connectivity index (χ1v) is 5.28. The SMILES string of the molecule is COc1cc2c(cc1C(O)O)CCCC2. The second-order valence-electron chi connectivity index (χ2n) is 3.94. The number of fused-ring (bicyclic) bond motifs is 1. The van der Waals surface area contributed by atoms with Gasteiger partial charge in [0.05, 0.1) is 7.11 Å². The largest absolute Gasteiger partial charge is 0.496 e. The second-order valence-corrected chi connectivity index (χ2v) is 3.94. The van der Waals surface area contributed by atoms with Crippen molar-refractivity contribution in [2.45, 2.75) is 32.0 Å². The van der Waals surface area contributed by atoms with E-state index in [1.54, 1.807) is 7.11 Å². The van der Waals surface area contributed by atoms with E-state index in [-0.39, 0.29) is 0 Å². The fraction of sp³-hybridized carbons (Fsp3) is 0.500. The molecular formula is C12H16O3. The van der Waals surface area contributed by atoms with Crippen LogP contribution in [0.1, 0.15) is 35.8 Å². The van der Waals surface area contributed by atoms with Crippen molar-refractivity contribution in [3.63, 3.8) is 0 Å². The van der Waals surface area contributed by atoms with Crippen LogP contribution in [0.3, 0.4) is 0 Å². The Morgan fingerprint density at radius 1 is 1.13 bits per heavy atom. The van der Waals surface area contributed by atoms with E-state index in [0.717, 1.165) is 12.8 Å². The summed E-state index contributed by atoms with van der Waals surface area (Å²) in [6.07, 6.45) is 3.02. The van der Waals surface area contributed by atoms with E-state index in [9.17, 15) is 10.2 Å². The van der Waals surface area contributed by atoms with Crippen LogP contribution in [0.25, 0.3) is 0 Å². The van der Waals surface area contributed by atoms with E-state index >= 15 is 0 Å². The van der Waals surface area contributed by atoms with E-state index in [1.165, 1.54) is 24.0 Å². The molecule has 0 unspecified atom stereocenters. The summed E-state index contributed by atoms with van der Waals surface area (Å²) in [6, 6.07) is 3.79. The molecular weight excluding hydrogens is 192 g/mol. The number of aryl methyl sites for hydroxylation is 2. The molecule has 3 heteroatoms. The lowest BCUT2D eigenvalue weighted by Crippen LogP contribution is -2.07. The van der Waals surface area contributed by atoms with Gasteiger partial charge in [0.25, 0.3) is 0 Å². The maximum Gasteiger partial charge on any atom is 0.182 e. The van der Waals surface area contributed by atoms with Crippen LogP contribution in [0, 0.1) is 0 Å². The molecule has 2 rings (SSSR count). The van der Waals surface area contributed by atoms with Crippen LogP contribution >= 0.6 is 0 Å². The summed E-state index contributed by atoms with van der Waals surface area (Å²) < 4.78 is 5.15. The molecule has 0 radical (unpaired) electrons. The highest BCUT2D eigenvalue weighted by Gasteiger charge is 2.16. The minimum absolute atomic E-state index is 0.471. The predicted octanol–water partition coefficient (Wildman–Crippen LogP) is 1.56. The van der Waals surface area contributed by atoms with Crippen LogP contribution in [0.15, 0.2) is 12.1 Å². The van der Waals surface area contributed by atoms with Gasteiger partial charge in [-0.05, 0) is 48.9 Å². The third kappa shape index (κ3) is 1.98. The van der Waals surface area contributed by atoms with Crippen molar-refractivity contribution in [3.8, 4) is 5.75 Å². The first kappa shape index (κ1) is 10.5. The van der Waals surface area contributed by atoms with Gasteiger partial charge in [-0.1, -0.05) is 0 Å². The molecule has 1 aromatic carbocycles. The quantitative estimate of drug-likeness (QED) is 0.725. The fourth-order valence-corrected chi connectivity index (χ4v) is 2.16. The average Bonchev–Trinajstić information content (AvgIpc) is 2.27. The summed E-state index contributed by atoms with van der Waals surface area (Å²) in [4.78, 5) is 0. The topological polar surface area (TPSA) is 49.7 Å². The van der Waals surface area contributed by atoms with Crippen LogP contribution in [0.2, 0.25) is 0 Å². The van der Waals surface area contributed by atoms with Gasteiger partial charge in [-0.2, -0.15) is 0 Å². The molecule has 3 nitrogen and oxygen atoms in total. The van der Waals surface area contributed by atoms with Crippen molar-refractivity contribution in [1.82, 2.24) is 0 Å². The van der Waals surface area contributed by atoms with Gasteiger partial charge < -0.3 is 14.9 Å². The molecule has 0 fully saturated rings. The first-order valence-electron chi connectivity index (χ1n) is 5.28. The van der Waals surface area contributed by atoms with Gasteiger partial charge in [0.1, 0.15) is 5.75 Å². The number of aliphatic hydroxyl groups is 2. The molecule has 0 aliphatic heterocycles. The van der Waals surface area contributed by atoms with Gasteiger partial charge in [-0.15, -0.1) is 0 Å². The summed E-state index contributed by atoms with van der Waals surface area (Å²) in [5, 5.41) is 18.4. The van der Waals surface area contributed by atoms with Crippen molar-refractivity contribution in [3.05, 3.63) is 28.8 Å². The number of benzene rings is 1. The number of hydrogen-bond donors (Lipinski definition) is 2. The lowest BCUT2D eigenvalue weighted by atomic mass is 9.90. The van der Waals surface area contributed by atoms with Crippen LogP contribution in [-0.4, -0.2) is 17.3 Å². The normalized spacial score (nSPS) is 15.2. The Labute approximate surface area is 89.3 Å². The Morgan fingerprint density at radius 3 is 2.27 bits per heavy atom. The highest BCUT2D eigenvalue weighted by Crippen LogP contribution is 2.31. The molecule has 0 aromatic heterocycles. The van der Waals surface area contributed by atoms with Gasteiger partial charge in [0.2, 0.25) is 0 Å². The molecule has 1 aliphatic rings. The molecule has 0 bridgehead atoms. The van der Waals surface area contributed by atoms with Crippen molar-refractivity contribution in [2.75, 3.05) is 7.11 Å². The van der Waals surface area contributed by atoms with E-state index in [1.807, 2.05) is 12.1 Å². The first-order chi connectivity index (χ1) is 7.22. The summed E-state index contributed by atoms with van der Waals surface area (Å²) in [6.45, 7) is 0. The summed E-state index contributed by atoms with van der Waals surface area (Å²) in [5.41, 5.74) is 2.98. The van der Waals surface area contributed by atoms with Crippen molar-refractivity contribution >= 4 is 0 Å². The number of aliphatic hydroxyl groups excluding tert-OH is 1. The maximum absolute atomic E-state index is 9.21. The van der Waals surface area contributed by atoms with Crippen LogP contribution in [-0.2, 0) is 12.8 Å². The lowest BCUT2D eigenvalue weighted by molar-refractivity contribution is -0.0439. The Morgan fingerprint density at radius 2 is 1.73 bits per heavy atom. The third-order valence-electron chi connectivity index (χ3n) is 2.97. The van der Waals surface area contributed by atoms with E-state index in [0.29, 0.717) is 11.3 Å². The van der Waals surface area contributed by atoms with E-state index in [2.05, 4.69) is 0 Å². The molecule has 0 atom stereocenters. The van der Waals surface area contributed by atoms with Gasteiger partial charge in [0.15, 0.2) is 6.29 Å². The van der Waals surface area contributed by atoms with Crippen LogP contribution in [0.4, 0.5) is 0 Å². The molecule has 82 valence electrons. The van der Waals surface area contributed by atoms with Crippen molar-refractivity contribution < 1.29 is 14.9 Å². The van der Waals surface area contributed by atoms with E-state index < -0.39 is 6.29 Å². The lowest BCUT2D eigenvalue weighted by Gasteiger charge is -2.19. The fourth-order valence-electron chi connectivity index (χ4n) is 2.16. The molecule has 2 N–H and O–H groups in total. The third-order valence-corrected chi connectivity index (χ3v) is 2.97. The highest BCUT2D eigenvalue weighted by atomic mass is 16.5. The minimum atomic E-state index is -1.45. The van der Waals surface area contributed by atoms with Gasteiger partial charge in [-0.25, -0.2) is 0 Å². The smallest absolute Gasteiger partial charge is 0.182 e. The van der Waals surface area contributed by atoms with Crippen LogP contribution < -0.4 is 4.74 Å². The van der Waals surface area contributed by atoms with Gasteiger partial charge in [-0.3, -0.25) is 0 Å². The summed E-state index contributed by atoms with van der Waals surface area (Å²) in [5.74, 6) is 0.575. The second kappa shape index (κ2) is 4.21. The Hall–Kier alpha value is -1.06. The maximum atomic E-state index is 9.21. The molecule has 1 aromatic rings. The Bertz CT molecular complexity index is 358. The molecule has 0 spiro atoms. The highest BCUT2D eigenvalue weighted by molar-refractivity contribution is 5.44. The number of methoxy groups -OCH3 is 1. The zero-order valence-electron chi connectivity index (χ0n) is 8.86. The van der Waals surface area contributed by atoms with E-state index in [4.69, 9.17) is 4.74 Å². The predicted molar refractivity (Wildman–Crippen MR) is 56.8 cm³/mol. The number of rotatable bonds is 2.